The Morgan fingerprint density at radius 2 is 1.31 bits per heavy atom. The fraction of sp³-hybridized carbons (Fsp3) is 0.304. The lowest BCUT2D eigenvalue weighted by molar-refractivity contribution is -0.0111. The van der Waals surface area contributed by atoms with Crippen molar-refractivity contribution in [2.75, 3.05) is 0 Å². The smallest absolute Gasteiger partial charge is 0.434 e. The molecule has 2 aromatic carbocycles. The minimum Gasteiger partial charge on any atom is -0.445 e. The number of amides is 2. The van der Waals surface area contributed by atoms with Crippen LogP contribution in [-0.4, -0.2) is 34.4 Å². The minimum absolute atomic E-state index is 0.331. The second-order valence-electron chi connectivity index (χ2n) is 7.29. The Morgan fingerprint density at radius 1 is 0.793 bits per heavy atom. The summed E-state index contributed by atoms with van der Waals surface area (Å²) in [5.74, 6) is 0. The maximum atomic E-state index is 13.0. The first-order valence-electron chi connectivity index (χ1n) is 9.71. The zero-order valence-corrected chi connectivity index (χ0v) is 17.1. The maximum Gasteiger partial charge on any atom is 0.434 e. The average molecular weight is 394 g/mol. The molecule has 0 radical (unpaired) electrons. The molecule has 152 valence electrons. The fourth-order valence-corrected chi connectivity index (χ4v) is 3.13. The van der Waals surface area contributed by atoms with Crippen molar-refractivity contribution in [1.82, 2.24) is 10.0 Å². The highest BCUT2D eigenvalue weighted by molar-refractivity contribution is 5.87. The van der Waals surface area contributed by atoms with E-state index in [4.69, 9.17) is 9.47 Å². The van der Waals surface area contributed by atoms with E-state index in [0.29, 0.717) is 5.70 Å². The summed E-state index contributed by atoms with van der Waals surface area (Å²) in [4.78, 5) is 26.1. The van der Waals surface area contributed by atoms with Gasteiger partial charge in [0.05, 0.1) is 17.9 Å². The predicted octanol–water partition coefficient (Wildman–Crippen LogP) is 5.39. The third-order valence-corrected chi connectivity index (χ3v) is 4.27. The third-order valence-electron chi connectivity index (χ3n) is 4.27. The summed E-state index contributed by atoms with van der Waals surface area (Å²) in [6, 6.07) is 18.5. The first kappa shape index (κ1) is 20.5. The summed E-state index contributed by atoms with van der Waals surface area (Å²) in [5, 5.41) is 2.60. The molecule has 1 heterocycles. The van der Waals surface area contributed by atoms with Crippen LogP contribution in [0, 0.1) is 0 Å². The van der Waals surface area contributed by atoms with Gasteiger partial charge in [0.2, 0.25) is 0 Å². The van der Waals surface area contributed by atoms with Crippen LogP contribution in [0.3, 0.4) is 0 Å². The van der Waals surface area contributed by atoms with Gasteiger partial charge in [-0.2, -0.15) is 10.0 Å². The van der Waals surface area contributed by atoms with Crippen LogP contribution in [0.25, 0.3) is 5.70 Å². The average Bonchev–Trinajstić information content (AvgIpc) is 3.09. The molecule has 0 saturated carbocycles. The van der Waals surface area contributed by atoms with Gasteiger partial charge < -0.3 is 9.47 Å². The SMILES string of the molecule is CC(C)OC(=O)N1C(c2ccccc2)=C[C@@H](c2ccccc2)N1C(=O)OC(C)C. The first-order chi connectivity index (χ1) is 13.9. The highest BCUT2D eigenvalue weighted by Gasteiger charge is 2.43. The molecule has 1 atom stereocenters. The molecule has 6 nitrogen and oxygen atoms in total. The molecule has 29 heavy (non-hydrogen) atoms. The van der Waals surface area contributed by atoms with Gasteiger partial charge in [0.15, 0.2) is 0 Å². The molecule has 0 aliphatic carbocycles. The molecular weight excluding hydrogens is 368 g/mol. The van der Waals surface area contributed by atoms with Crippen LogP contribution >= 0.6 is 0 Å². The number of hydrogen-bond donors (Lipinski definition) is 0. The third kappa shape index (κ3) is 4.59. The molecule has 3 rings (SSSR count). The number of benzene rings is 2. The zero-order chi connectivity index (χ0) is 21.0. The molecule has 0 spiro atoms. The number of ether oxygens (including phenoxy) is 2. The van der Waals surface area contributed by atoms with Crippen molar-refractivity contribution in [3.63, 3.8) is 0 Å². The van der Waals surface area contributed by atoms with E-state index in [-0.39, 0.29) is 12.2 Å². The summed E-state index contributed by atoms with van der Waals surface area (Å²) < 4.78 is 10.9. The van der Waals surface area contributed by atoms with E-state index in [9.17, 15) is 9.59 Å². The number of rotatable bonds is 4. The quantitative estimate of drug-likeness (QED) is 0.697. The van der Waals surface area contributed by atoms with Crippen LogP contribution in [0.4, 0.5) is 9.59 Å². The summed E-state index contributed by atoms with van der Waals surface area (Å²) >= 11 is 0. The van der Waals surface area contributed by atoms with Crippen molar-refractivity contribution in [3.05, 3.63) is 77.9 Å². The molecule has 1 aliphatic heterocycles. The summed E-state index contributed by atoms with van der Waals surface area (Å²) in [7, 11) is 0. The first-order valence-corrected chi connectivity index (χ1v) is 9.71. The summed E-state index contributed by atoms with van der Waals surface area (Å²) in [5.41, 5.74) is 2.24. The highest BCUT2D eigenvalue weighted by Crippen LogP contribution is 2.39. The lowest BCUT2D eigenvalue weighted by Crippen LogP contribution is -2.47. The van der Waals surface area contributed by atoms with Gasteiger partial charge >= 0.3 is 12.2 Å². The van der Waals surface area contributed by atoms with Gasteiger partial charge in [0.1, 0.15) is 6.04 Å². The number of hydrogen-bond acceptors (Lipinski definition) is 4. The van der Waals surface area contributed by atoms with Gasteiger partial charge in [-0.15, -0.1) is 0 Å². The molecule has 2 amide bonds. The van der Waals surface area contributed by atoms with Gasteiger partial charge in [0.25, 0.3) is 0 Å². The van der Waals surface area contributed by atoms with E-state index in [1.165, 1.54) is 10.0 Å². The van der Waals surface area contributed by atoms with Gasteiger partial charge in [0, 0.05) is 5.56 Å². The topological polar surface area (TPSA) is 59.1 Å². The van der Waals surface area contributed by atoms with Crippen LogP contribution in [0.2, 0.25) is 0 Å². The van der Waals surface area contributed by atoms with Gasteiger partial charge in [-0.05, 0) is 39.3 Å². The molecule has 0 saturated heterocycles. The lowest BCUT2D eigenvalue weighted by Gasteiger charge is -2.33. The number of hydrazine groups is 1. The Labute approximate surface area is 171 Å². The van der Waals surface area contributed by atoms with E-state index in [0.717, 1.165) is 11.1 Å². The van der Waals surface area contributed by atoms with Gasteiger partial charge in [-0.1, -0.05) is 60.7 Å². The molecule has 0 fully saturated rings. The van der Waals surface area contributed by atoms with Crippen molar-refractivity contribution in [2.45, 2.75) is 45.9 Å². The Morgan fingerprint density at radius 3 is 1.86 bits per heavy atom. The van der Waals surface area contributed by atoms with Crippen molar-refractivity contribution < 1.29 is 19.1 Å². The Balaban J connectivity index is 2.11. The molecule has 2 aromatic rings. The Bertz CT molecular complexity index is 878. The molecule has 0 unspecified atom stereocenters. The fourth-order valence-electron chi connectivity index (χ4n) is 3.13. The predicted molar refractivity (Wildman–Crippen MR) is 111 cm³/mol. The van der Waals surface area contributed by atoms with Gasteiger partial charge in [-0.3, -0.25) is 0 Å². The highest BCUT2D eigenvalue weighted by atomic mass is 16.6. The van der Waals surface area contributed by atoms with E-state index >= 15 is 0 Å². The minimum atomic E-state index is -0.630. The second-order valence-corrected chi connectivity index (χ2v) is 7.29. The van der Waals surface area contributed by atoms with E-state index < -0.39 is 18.2 Å². The summed E-state index contributed by atoms with van der Waals surface area (Å²) in [6.45, 7) is 7.08. The largest absolute Gasteiger partial charge is 0.445 e. The molecule has 1 aliphatic rings. The lowest BCUT2D eigenvalue weighted by atomic mass is 10.0. The Hall–Kier alpha value is -3.28. The van der Waals surface area contributed by atoms with Crippen LogP contribution in [0.15, 0.2) is 66.7 Å². The standard InChI is InChI=1S/C23H26N2O4/c1-16(2)28-22(26)24-20(18-11-7-5-8-12-18)15-21(19-13-9-6-10-14-19)25(24)23(27)29-17(3)4/h5-17,20H,1-4H3/t20-/m0/s1. The Kier molecular flexibility index (Phi) is 6.22. The zero-order valence-electron chi connectivity index (χ0n) is 17.1. The molecule has 0 bridgehead atoms. The van der Waals surface area contributed by atoms with Crippen LogP contribution in [-0.2, 0) is 9.47 Å². The van der Waals surface area contributed by atoms with E-state index in [1.54, 1.807) is 27.7 Å². The molecule has 0 N–H and O–H groups in total. The monoisotopic (exact) mass is 394 g/mol. The van der Waals surface area contributed by atoms with Crippen molar-refractivity contribution in [2.24, 2.45) is 0 Å². The number of carbonyl (C=O) groups excluding carboxylic acids is 2. The van der Waals surface area contributed by atoms with Crippen molar-refractivity contribution >= 4 is 17.9 Å². The van der Waals surface area contributed by atoms with E-state index in [2.05, 4.69) is 0 Å². The van der Waals surface area contributed by atoms with Crippen LogP contribution in [0.5, 0.6) is 0 Å². The van der Waals surface area contributed by atoms with Crippen LogP contribution in [0.1, 0.15) is 44.9 Å². The second kappa shape index (κ2) is 8.82. The molecule has 6 heteroatoms. The van der Waals surface area contributed by atoms with Crippen molar-refractivity contribution in [1.29, 1.82) is 0 Å². The number of carbonyl (C=O) groups is 2. The maximum absolute atomic E-state index is 13.0. The van der Waals surface area contributed by atoms with Crippen LogP contribution < -0.4 is 0 Å². The normalized spacial score (nSPS) is 16.2. The molecular formula is C23H26N2O4. The van der Waals surface area contributed by atoms with Gasteiger partial charge in [-0.25, -0.2) is 9.59 Å². The molecule has 0 aromatic heterocycles. The van der Waals surface area contributed by atoms with Crippen molar-refractivity contribution in [3.8, 4) is 0 Å². The number of nitrogens with zero attached hydrogens (tertiary/aromatic N) is 2. The van der Waals surface area contributed by atoms with E-state index in [1.807, 2.05) is 66.7 Å². The summed E-state index contributed by atoms with van der Waals surface area (Å²) in [6.07, 6.45) is -0.0275.